The predicted molar refractivity (Wildman–Crippen MR) is 94.7 cm³/mol. The Morgan fingerprint density at radius 1 is 1.38 bits per heavy atom. The average molecular weight is 372 g/mol. The smallest absolute Gasteiger partial charge is 0.228 e. The van der Waals surface area contributed by atoms with Gasteiger partial charge in [0.1, 0.15) is 17.2 Å². The van der Waals surface area contributed by atoms with E-state index in [-0.39, 0.29) is 18.2 Å². The summed E-state index contributed by atoms with van der Waals surface area (Å²) in [6, 6.07) is 0. The minimum absolute atomic E-state index is 0.0612. The Morgan fingerprint density at radius 2 is 2.31 bits per heavy atom. The molecule has 4 rings (SSSR count). The van der Waals surface area contributed by atoms with Crippen LogP contribution in [0.5, 0.6) is 0 Å². The van der Waals surface area contributed by atoms with E-state index in [2.05, 4.69) is 30.2 Å². The van der Waals surface area contributed by atoms with Crippen molar-refractivity contribution in [3.63, 3.8) is 0 Å². The Morgan fingerprint density at radius 3 is 3.08 bits per heavy atom. The van der Waals surface area contributed by atoms with Crippen molar-refractivity contribution in [1.29, 1.82) is 0 Å². The summed E-state index contributed by atoms with van der Waals surface area (Å²) in [5, 5.41) is 9.61. The topological polar surface area (TPSA) is 89.9 Å². The first-order valence-electron chi connectivity index (χ1n) is 8.64. The van der Waals surface area contributed by atoms with Gasteiger partial charge >= 0.3 is 0 Å². The van der Waals surface area contributed by atoms with Crippen LogP contribution in [0.1, 0.15) is 41.7 Å². The van der Waals surface area contributed by atoms with Gasteiger partial charge in [-0.15, -0.1) is 11.3 Å². The third kappa shape index (κ3) is 3.52. The van der Waals surface area contributed by atoms with Gasteiger partial charge in [-0.2, -0.15) is 0 Å². The lowest BCUT2D eigenvalue weighted by atomic mass is 9.96. The van der Waals surface area contributed by atoms with Gasteiger partial charge in [-0.1, -0.05) is 10.3 Å². The zero-order valence-electron chi connectivity index (χ0n) is 14.5. The summed E-state index contributed by atoms with van der Waals surface area (Å²) < 4.78 is 6.83. The summed E-state index contributed by atoms with van der Waals surface area (Å²) >= 11 is 1.59. The van der Waals surface area contributed by atoms with E-state index >= 15 is 0 Å². The Kier molecular flexibility index (Phi) is 4.79. The number of imidazole rings is 1. The highest BCUT2D eigenvalue weighted by Crippen LogP contribution is 2.26. The molecule has 8 nitrogen and oxygen atoms in total. The van der Waals surface area contributed by atoms with E-state index in [0.29, 0.717) is 24.5 Å². The first-order valence-corrected chi connectivity index (χ1v) is 9.59. The number of carbonyl (C=O) groups excluding carboxylic acids is 1. The van der Waals surface area contributed by atoms with Crippen LogP contribution in [0.15, 0.2) is 27.9 Å². The third-order valence-corrected chi connectivity index (χ3v) is 5.40. The summed E-state index contributed by atoms with van der Waals surface area (Å²) in [5.41, 5.74) is 4.16. The maximum absolute atomic E-state index is 12.7. The minimum atomic E-state index is 0.0612. The third-order valence-electron chi connectivity index (χ3n) is 4.77. The molecule has 1 unspecified atom stereocenters. The van der Waals surface area contributed by atoms with Crippen LogP contribution in [0.3, 0.4) is 0 Å². The van der Waals surface area contributed by atoms with Gasteiger partial charge in [0.25, 0.3) is 0 Å². The van der Waals surface area contributed by atoms with Crippen LogP contribution in [0, 0.1) is 6.92 Å². The van der Waals surface area contributed by atoms with E-state index in [0.717, 1.165) is 30.9 Å². The van der Waals surface area contributed by atoms with E-state index < -0.39 is 0 Å². The van der Waals surface area contributed by atoms with E-state index in [1.165, 1.54) is 0 Å². The van der Waals surface area contributed by atoms with Crippen molar-refractivity contribution in [2.24, 2.45) is 0 Å². The minimum Gasteiger partial charge on any atom is -0.342 e. The molecular weight excluding hydrogens is 352 g/mol. The molecule has 1 fully saturated rings. The fraction of sp³-hybridized carbons (Fsp3) is 0.471. The van der Waals surface area contributed by atoms with Crippen LogP contribution in [0.2, 0.25) is 0 Å². The molecule has 3 aromatic heterocycles. The summed E-state index contributed by atoms with van der Waals surface area (Å²) in [4.78, 5) is 23.5. The number of amides is 1. The first kappa shape index (κ1) is 16.9. The molecule has 4 heterocycles. The zero-order chi connectivity index (χ0) is 17.9. The zero-order valence-corrected chi connectivity index (χ0v) is 15.4. The normalized spacial score (nSPS) is 17.6. The van der Waals surface area contributed by atoms with Crippen molar-refractivity contribution in [1.82, 2.24) is 29.7 Å². The number of thiazole rings is 1. The molecule has 0 bridgehead atoms. The van der Waals surface area contributed by atoms with E-state index in [9.17, 15) is 4.79 Å². The molecule has 1 atom stereocenters. The maximum atomic E-state index is 12.7. The molecule has 26 heavy (non-hydrogen) atoms. The van der Waals surface area contributed by atoms with Crippen molar-refractivity contribution in [3.8, 4) is 0 Å². The highest BCUT2D eigenvalue weighted by atomic mass is 32.1. The van der Waals surface area contributed by atoms with Crippen LogP contribution < -0.4 is 0 Å². The average Bonchev–Trinajstić information content (AvgIpc) is 3.39. The second-order valence-corrected chi connectivity index (χ2v) is 7.26. The van der Waals surface area contributed by atoms with Gasteiger partial charge in [0.2, 0.25) is 5.91 Å². The lowest BCUT2D eigenvalue weighted by molar-refractivity contribution is -0.131. The second-order valence-electron chi connectivity index (χ2n) is 6.55. The molecule has 1 aliphatic rings. The van der Waals surface area contributed by atoms with Gasteiger partial charge in [-0.05, 0) is 19.8 Å². The highest BCUT2D eigenvalue weighted by Gasteiger charge is 2.28. The Hall–Kier alpha value is -2.55. The van der Waals surface area contributed by atoms with Gasteiger partial charge in [0.15, 0.2) is 0 Å². The molecule has 0 radical (unpaired) electrons. The summed E-state index contributed by atoms with van der Waals surface area (Å²) in [5.74, 6) is 1.32. The van der Waals surface area contributed by atoms with E-state index in [4.69, 9.17) is 4.63 Å². The number of hydrogen-bond acceptors (Lipinski definition) is 7. The number of likely N-dealkylation sites (tertiary alicyclic amines) is 1. The molecular formula is C17H20N6O2S. The summed E-state index contributed by atoms with van der Waals surface area (Å²) in [7, 11) is 0. The predicted octanol–water partition coefficient (Wildman–Crippen LogP) is 2.03. The molecule has 3 aromatic rings. The molecule has 0 aliphatic carbocycles. The Labute approximate surface area is 154 Å². The van der Waals surface area contributed by atoms with Gasteiger partial charge in [-0.3, -0.25) is 4.79 Å². The van der Waals surface area contributed by atoms with Crippen molar-refractivity contribution in [2.45, 2.75) is 38.6 Å². The lowest BCUT2D eigenvalue weighted by Gasteiger charge is -2.32. The monoisotopic (exact) mass is 372 g/mol. The molecule has 9 heteroatoms. The van der Waals surface area contributed by atoms with Crippen LogP contribution >= 0.6 is 11.3 Å². The lowest BCUT2D eigenvalue weighted by Crippen LogP contribution is -2.40. The maximum Gasteiger partial charge on any atom is 0.228 e. The van der Waals surface area contributed by atoms with Gasteiger partial charge in [0, 0.05) is 36.8 Å². The van der Waals surface area contributed by atoms with Crippen molar-refractivity contribution < 1.29 is 9.42 Å². The fourth-order valence-corrected chi connectivity index (χ4v) is 3.93. The van der Waals surface area contributed by atoms with Crippen molar-refractivity contribution in [2.75, 3.05) is 13.1 Å². The number of nitrogens with zero attached hydrogens (tertiary/aromatic N) is 6. The number of aromatic nitrogens is 5. The van der Waals surface area contributed by atoms with E-state index in [1.54, 1.807) is 18.3 Å². The first-order chi connectivity index (χ1) is 12.7. The molecule has 136 valence electrons. The fourth-order valence-electron chi connectivity index (χ4n) is 3.38. The van der Waals surface area contributed by atoms with Crippen molar-refractivity contribution >= 4 is 17.2 Å². The molecule has 1 aliphatic heterocycles. The molecule has 0 spiro atoms. The molecule has 0 N–H and O–H groups in total. The number of rotatable bonds is 5. The van der Waals surface area contributed by atoms with Crippen LogP contribution in [0.4, 0.5) is 0 Å². The second kappa shape index (κ2) is 7.36. The summed E-state index contributed by atoms with van der Waals surface area (Å²) in [6.45, 7) is 3.96. The van der Waals surface area contributed by atoms with Crippen LogP contribution in [-0.4, -0.2) is 48.7 Å². The standard InChI is InChI=1S/C17H20N6O2S/c1-12-15(21-25-20-12)7-16(24)22-5-2-3-13(8-22)17-18-4-6-23(17)9-14-10-26-11-19-14/h4,6,10-11,13H,2-3,5,7-9H2,1H3. The molecule has 0 saturated carbocycles. The number of carbonyl (C=O) groups is 1. The highest BCUT2D eigenvalue weighted by molar-refractivity contribution is 7.07. The van der Waals surface area contributed by atoms with Crippen LogP contribution in [-0.2, 0) is 17.8 Å². The van der Waals surface area contributed by atoms with E-state index in [1.807, 2.05) is 22.8 Å². The Balaban J connectivity index is 1.45. The van der Waals surface area contributed by atoms with Gasteiger partial charge in [0.05, 0.1) is 24.2 Å². The van der Waals surface area contributed by atoms with Crippen LogP contribution in [0.25, 0.3) is 0 Å². The SMILES string of the molecule is Cc1nonc1CC(=O)N1CCCC(c2nccn2Cc2cscn2)C1. The van der Waals surface area contributed by atoms with Gasteiger partial charge in [-0.25, -0.2) is 14.6 Å². The number of piperidine rings is 1. The Bertz CT molecular complexity index is 872. The molecule has 1 amide bonds. The van der Waals surface area contributed by atoms with Crippen molar-refractivity contribution in [3.05, 3.63) is 46.2 Å². The molecule has 1 saturated heterocycles. The molecule has 0 aromatic carbocycles. The quantitative estimate of drug-likeness (QED) is 0.681. The van der Waals surface area contributed by atoms with Gasteiger partial charge < -0.3 is 9.47 Å². The largest absolute Gasteiger partial charge is 0.342 e. The summed E-state index contributed by atoms with van der Waals surface area (Å²) in [6.07, 6.45) is 6.04. The number of aryl methyl sites for hydroxylation is 1. The number of hydrogen-bond donors (Lipinski definition) is 0.